The summed E-state index contributed by atoms with van der Waals surface area (Å²) in [6.45, 7) is 0. The molecule has 184 valence electrons. The minimum absolute atomic E-state index is 0.0851. The Hall–Kier alpha value is -3.90. The monoisotopic (exact) mass is 500 g/mol. The minimum atomic E-state index is -0.218. The van der Waals surface area contributed by atoms with Crippen LogP contribution in [-0.2, 0) is 11.2 Å². The predicted octanol–water partition coefficient (Wildman–Crippen LogP) is 5.87. The van der Waals surface area contributed by atoms with Crippen molar-refractivity contribution in [3.63, 3.8) is 0 Å². The highest BCUT2D eigenvalue weighted by molar-refractivity contribution is 7.17. The number of aryl methyl sites for hydroxylation is 1. The molecule has 0 atom stereocenters. The van der Waals surface area contributed by atoms with Crippen molar-refractivity contribution in [3.05, 3.63) is 53.2 Å². The van der Waals surface area contributed by atoms with Gasteiger partial charge in [-0.05, 0) is 43.5 Å². The van der Waals surface area contributed by atoms with Crippen LogP contribution in [0.5, 0.6) is 0 Å². The molecule has 3 aromatic heterocycles. The molecular formula is C27H28N6O2S. The first-order valence-corrected chi connectivity index (χ1v) is 13.1. The molecule has 5 rings (SSSR count). The Morgan fingerprint density at radius 3 is 2.81 bits per heavy atom. The molecular weight excluding hydrogens is 472 g/mol. The number of anilines is 2. The smallest absolute Gasteiger partial charge is 0.266 e. The number of thiophene rings is 1. The van der Waals surface area contributed by atoms with Crippen molar-refractivity contribution in [2.75, 3.05) is 17.3 Å². The first-order chi connectivity index (χ1) is 17.5. The maximum atomic E-state index is 13.1. The summed E-state index contributed by atoms with van der Waals surface area (Å²) < 4.78 is 0. The Labute approximate surface area is 213 Å². The number of nitrogens with one attached hydrogen (secondary N) is 3. The molecule has 1 aliphatic carbocycles. The van der Waals surface area contributed by atoms with Crippen LogP contribution in [0.25, 0.3) is 21.3 Å². The van der Waals surface area contributed by atoms with Gasteiger partial charge in [0.05, 0.1) is 17.1 Å². The summed E-state index contributed by atoms with van der Waals surface area (Å²) in [4.78, 5) is 32.7. The molecule has 3 heterocycles. The summed E-state index contributed by atoms with van der Waals surface area (Å²) >= 11 is 1.39. The van der Waals surface area contributed by atoms with Crippen LogP contribution in [0.3, 0.4) is 0 Å². The molecule has 2 amide bonds. The summed E-state index contributed by atoms with van der Waals surface area (Å²) in [5.41, 5.74) is 3.45. The molecule has 3 N–H and O–H groups in total. The van der Waals surface area contributed by atoms with Crippen molar-refractivity contribution in [1.29, 1.82) is 5.26 Å². The number of H-pyrrole nitrogens is 2. The van der Waals surface area contributed by atoms with Crippen LogP contribution < -0.4 is 10.2 Å². The maximum absolute atomic E-state index is 13.1. The van der Waals surface area contributed by atoms with Crippen LogP contribution in [0, 0.1) is 17.2 Å². The highest BCUT2D eigenvalue weighted by Crippen LogP contribution is 2.33. The SMILES string of the molecule is CN(C(=O)C1CCCCC1)c1ccc2c(CCC#N)c(NC(=O)c3ccc(-c4cn[nH]c4)s3)[nH]c2c1. The molecule has 0 unspecified atom stereocenters. The van der Waals surface area contributed by atoms with Gasteiger partial charge in [0.1, 0.15) is 5.82 Å². The van der Waals surface area contributed by atoms with Gasteiger partial charge >= 0.3 is 0 Å². The lowest BCUT2D eigenvalue weighted by Gasteiger charge is -2.26. The summed E-state index contributed by atoms with van der Waals surface area (Å²) in [5.74, 6) is 0.609. The van der Waals surface area contributed by atoms with E-state index in [0.29, 0.717) is 23.5 Å². The van der Waals surface area contributed by atoms with Gasteiger partial charge in [-0.3, -0.25) is 14.7 Å². The third-order valence-corrected chi connectivity index (χ3v) is 8.03. The number of aromatic nitrogens is 3. The van der Waals surface area contributed by atoms with Crippen LogP contribution in [0.2, 0.25) is 0 Å². The van der Waals surface area contributed by atoms with Crippen LogP contribution >= 0.6 is 11.3 Å². The van der Waals surface area contributed by atoms with E-state index in [0.717, 1.165) is 58.3 Å². The zero-order valence-corrected chi connectivity index (χ0v) is 21.0. The normalized spacial score (nSPS) is 14.0. The first kappa shape index (κ1) is 23.8. The molecule has 1 fully saturated rings. The number of nitriles is 1. The lowest BCUT2D eigenvalue weighted by molar-refractivity contribution is -0.123. The van der Waals surface area contributed by atoms with Crippen LogP contribution in [-0.4, -0.2) is 34.0 Å². The summed E-state index contributed by atoms with van der Waals surface area (Å²) in [7, 11) is 1.83. The zero-order chi connectivity index (χ0) is 25.1. The molecule has 8 nitrogen and oxygen atoms in total. The molecule has 0 aliphatic heterocycles. The Morgan fingerprint density at radius 2 is 2.06 bits per heavy atom. The Bertz CT molecular complexity index is 1420. The fourth-order valence-electron chi connectivity index (χ4n) is 4.93. The fourth-order valence-corrected chi connectivity index (χ4v) is 5.81. The number of aromatic amines is 2. The van der Waals surface area contributed by atoms with Crippen molar-refractivity contribution in [3.8, 4) is 16.5 Å². The van der Waals surface area contributed by atoms with Gasteiger partial charge in [0, 0.05) is 58.2 Å². The van der Waals surface area contributed by atoms with Crippen LogP contribution in [0.4, 0.5) is 11.5 Å². The quantitative estimate of drug-likeness (QED) is 0.294. The van der Waals surface area contributed by atoms with Gasteiger partial charge < -0.3 is 15.2 Å². The Morgan fingerprint density at radius 1 is 1.22 bits per heavy atom. The summed E-state index contributed by atoms with van der Waals surface area (Å²) in [6, 6.07) is 11.7. The number of nitrogens with zero attached hydrogens (tertiary/aromatic N) is 3. The van der Waals surface area contributed by atoms with E-state index in [2.05, 4.69) is 26.6 Å². The molecule has 0 bridgehead atoms. The van der Waals surface area contributed by atoms with E-state index in [1.165, 1.54) is 17.8 Å². The number of hydrogen-bond acceptors (Lipinski definition) is 5. The average molecular weight is 501 g/mol. The second-order valence-electron chi connectivity index (χ2n) is 9.20. The Kier molecular flexibility index (Phi) is 6.87. The maximum Gasteiger partial charge on any atom is 0.266 e. The van der Waals surface area contributed by atoms with Gasteiger partial charge in [-0.2, -0.15) is 10.4 Å². The van der Waals surface area contributed by atoms with Gasteiger partial charge in [0.2, 0.25) is 5.91 Å². The number of benzene rings is 1. The standard InChI is InChI=1S/C27H28N6O2S/c1-33(27(35)17-6-3-2-4-7-17)19-9-10-20-21(8-5-13-28)25(31-22(20)14-19)32-26(34)24-12-11-23(36-24)18-15-29-30-16-18/h9-12,14-17,31H,2-8H2,1H3,(H,29,30)(H,32,34). The number of amides is 2. The second-order valence-corrected chi connectivity index (χ2v) is 10.3. The minimum Gasteiger partial charge on any atom is -0.341 e. The van der Waals surface area contributed by atoms with Crippen molar-refractivity contribution in [2.24, 2.45) is 5.92 Å². The predicted molar refractivity (Wildman–Crippen MR) is 142 cm³/mol. The number of fused-ring (bicyclic) bond motifs is 1. The summed E-state index contributed by atoms with van der Waals surface area (Å²) in [5, 5.41) is 19.9. The number of carbonyl (C=O) groups is 2. The second kappa shape index (κ2) is 10.4. The zero-order valence-electron chi connectivity index (χ0n) is 20.1. The van der Waals surface area contributed by atoms with E-state index in [1.807, 2.05) is 31.3 Å². The summed E-state index contributed by atoms with van der Waals surface area (Å²) in [6.07, 6.45) is 9.68. The molecule has 9 heteroatoms. The molecule has 36 heavy (non-hydrogen) atoms. The lowest BCUT2D eigenvalue weighted by atomic mass is 9.88. The van der Waals surface area contributed by atoms with Gasteiger partial charge in [0.15, 0.2) is 0 Å². The average Bonchev–Trinajstić information content (AvgIpc) is 3.67. The van der Waals surface area contributed by atoms with Gasteiger partial charge in [0.25, 0.3) is 5.91 Å². The molecule has 0 saturated heterocycles. The van der Waals surface area contributed by atoms with Gasteiger partial charge in [-0.1, -0.05) is 25.3 Å². The molecule has 4 aromatic rings. The fraction of sp³-hybridized carbons (Fsp3) is 0.333. The number of carbonyl (C=O) groups excluding carboxylic acids is 2. The van der Waals surface area contributed by atoms with Crippen molar-refractivity contribution < 1.29 is 9.59 Å². The van der Waals surface area contributed by atoms with Crippen LogP contribution in [0.15, 0.2) is 42.7 Å². The largest absolute Gasteiger partial charge is 0.341 e. The number of rotatable bonds is 7. The first-order valence-electron chi connectivity index (χ1n) is 12.2. The van der Waals surface area contributed by atoms with Crippen molar-refractivity contribution in [2.45, 2.75) is 44.9 Å². The van der Waals surface area contributed by atoms with E-state index in [4.69, 9.17) is 0 Å². The van der Waals surface area contributed by atoms with E-state index < -0.39 is 0 Å². The van der Waals surface area contributed by atoms with E-state index in [-0.39, 0.29) is 17.7 Å². The Balaban J connectivity index is 1.41. The molecule has 0 spiro atoms. The highest BCUT2D eigenvalue weighted by atomic mass is 32.1. The van der Waals surface area contributed by atoms with Crippen molar-refractivity contribution >= 4 is 45.6 Å². The third-order valence-electron chi connectivity index (χ3n) is 6.90. The van der Waals surface area contributed by atoms with E-state index in [1.54, 1.807) is 23.4 Å². The van der Waals surface area contributed by atoms with Gasteiger partial charge in [-0.15, -0.1) is 11.3 Å². The molecule has 1 saturated carbocycles. The van der Waals surface area contributed by atoms with Crippen molar-refractivity contribution in [1.82, 2.24) is 15.2 Å². The van der Waals surface area contributed by atoms with Crippen LogP contribution in [0.1, 0.15) is 53.8 Å². The molecule has 1 aliphatic rings. The van der Waals surface area contributed by atoms with Gasteiger partial charge in [-0.25, -0.2) is 0 Å². The topological polar surface area (TPSA) is 118 Å². The molecule has 0 radical (unpaired) electrons. The van der Waals surface area contributed by atoms with E-state index >= 15 is 0 Å². The lowest BCUT2D eigenvalue weighted by Crippen LogP contribution is -2.33. The molecule has 1 aromatic carbocycles. The van der Waals surface area contributed by atoms with E-state index in [9.17, 15) is 14.9 Å². The third kappa shape index (κ3) is 4.77. The highest BCUT2D eigenvalue weighted by Gasteiger charge is 2.25. The number of hydrogen-bond donors (Lipinski definition) is 3.